The quantitative estimate of drug-likeness (QED) is 0.874. The third kappa shape index (κ3) is 3.36. The number of amides is 1. The van der Waals surface area contributed by atoms with E-state index in [-0.39, 0.29) is 17.9 Å². The maximum Gasteiger partial charge on any atom is 0.269 e. The largest absolute Gasteiger partial charge is 0.393 e. The Labute approximate surface area is 118 Å². The fourth-order valence-corrected chi connectivity index (χ4v) is 2.28. The smallest absolute Gasteiger partial charge is 0.269 e. The van der Waals surface area contributed by atoms with Crippen LogP contribution in [0.1, 0.15) is 36.3 Å². The fourth-order valence-electron chi connectivity index (χ4n) is 2.28. The molecule has 2 aromatic rings. The molecule has 0 aliphatic rings. The van der Waals surface area contributed by atoms with Crippen LogP contribution in [0.15, 0.2) is 24.5 Å². The Morgan fingerprint density at radius 3 is 2.90 bits per heavy atom. The van der Waals surface area contributed by atoms with Gasteiger partial charge < -0.3 is 10.4 Å². The van der Waals surface area contributed by atoms with Crippen molar-refractivity contribution in [2.45, 2.75) is 33.3 Å². The normalized spacial score (nSPS) is 14.2. The number of aliphatic hydroxyl groups excluding tert-OH is 1. The van der Waals surface area contributed by atoms with Gasteiger partial charge in [-0.3, -0.25) is 9.20 Å². The maximum atomic E-state index is 12.2. The SMILES string of the molecule is Cc1ccc2ncc(C(=O)NCC(C)CC(C)O)n2c1. The Kier molecular flexibility index (Phi) is 4.39. The van der Waals surface area contributed by atoms with Gasteiger partial charge in [0.1, 0.15) is 11.3 Å². The second-order valence-corrected chi connectivity index (χ2v) is 5.48. The van der Waals surface area contributed by atoms with Crippen LogP contribution in [-0.4, -0.2) is 33.0 Å². The predicted molar refractivity (Wildman–Crippen MR) is 77.7 cm³/mol. The van der Waals surface area contributed by atoms with Gasteiger partial charge in [-0.1, -0.05) is 13.0 Å². The van der Waals surface area contributed by atoms with Crippen molar-refractivity contribution in [2.75, 3.05) is 6.54 Å². The number of nitrogens with zero attached hydrogens (tertiary/aromatic N) is 2. The molecule has 0 fully saturated rings. The lowest BCUT2D eigenvalue weighted by Crippen LogP contribution is -2.30. The van der Waals surface area contributed by atoms with Gasteiger partial charge in [-0.25, -0.2) is 4.98 Å². The van der Waals surface area contributed by atoms with Crippen molar-refractivity contribution in [1.29, 1.82) is 0 Å². The van der Waals surface area contributed by atoms with Crippen LogP contribution >= 0.6 is 0 Å². The third-order valence-corrected chi connectivity index (χ3v) is 3.24. The van der Waals surface area contributed by atoms with Gasteiger partial charge in [0.15, 0.2) is 0 Å². The number of aromatic nitrogens is 2. The van der Waals surface area contributed by atoms with E-state index in [0.29, 0.717) is 18.7 Å². The maximum absolute atomic E-state index is 12.2. The Balaban J connectivity index is 2.06. The molecule has 0 bridgehead atoms. The number of aliphatic hydroxyl groups is 1. The minimum atomic E-state index is -0.347. The van der Waals surface area contributed by atoms with E-state index in [4.69, 9.17) is 0 Å². The first-order valence-electron chi connectivity index (χ1n) is 6.87. The van der Waals surface area contributed by atoms with Crippen molar-refractivity contribution in [2.24, 2.45) is 5.92 Å². The molecule has 5 heteroatoms. The van der Waals surface area contributed by atoms with Gasteiger partial charge in [-0.2, -0.15) is 0 Å². The summed E-state index contributed by atoms with van der Waals surface area (Å²) in [4.78, 5) is 16.4. The van der Waals surface area contributed by atoms with Gasteiger partial charge in [0.05, 0.1) is 12.3 Å². The lowest BCUT2D eigenvalue weighted by molar-refractivity contribution is 0.0933. The van der Waals surface area contributed by atoms with Crippen LogP contribution in [0.4, 0.5) is 0 Å². The first-order chi connectivity index (χ1) is 9.47. The van der Waals surface area contributed by atoms with Crippen LogP contribution in [0.2, 0.25) is 0 Å². The molecule has 2 aromatic heterocycles. The van der Waals surface area contributed by atoms with Crippen molar-refractivity contribution in [3.05, 3.63) is 35.8 Å². The summed E-state index contributed by atoms with van der Waals surface area (Å²) in [5, 5.41) is 12.2. The zero-order valence-corrected chi connectivity index (χ0v) is 12.1. The van der Waals surface area contributed by atoms with Gasteiger partial charge in [0, 0.05) is 12.7 Å². The summed E-state index contributed by atoms with van der Waals surface area (Å²) in [5.41, 5.74) is 2.37. The molecule has 0 saturated carbocycles. The second kappa shape index (κ2) is 6.05. The van der Waals surface area contributed by atoms with E-state index < -0.39 is 0 Å². The first-order valence-corrected chi connectivity index (χ1v) is 6.87. The first kappa shape index (κ1) is 14.5. The minimum absolute atomic E-state index is 0.138. The molecular formula is C15H21N3O2. The van der Waals surface area contributed by atoms with E-state index in [0.717, 1.165) is 11.2 Å². The molecule has 0 radical (unpaired) electrons. The summed E-state index contributed by atoms with van der Waals surface area (Å²) in [6, 6.07) is 3.86. The Bertz CT molecular complexity index is 604. The van der Waals surface area contributed by atoms with Crippen molar-refractivity contribution in [1.82, 2.24) is 14.7 Å². The predicted octanol–water partition coefficient (Wildman–Crippen LogP) is 1.78. The molecule has 0 saturated heterocycles. The van der Waals surface area contributed by atoms with Crippen LogP contribution in [0.25, 0.3) is 5.65 Å². The molecule has 2 atom stereocenters. The molecule has 2 unspecified atom stereocenters. The second-order valence-electron chi connectivity index (χ2n) is 5.48. The van der Waals surface area contributed by atoms with E-state index in [1.807, 2.05) is 32.2 Å². The summed E-state index contributed by atoms with van der Waals surface area (Å²) in [5.74, 6) is 0.0976. The van der Waals surface area contributed by atoms with Crippen LogP contribution < -0.4 is 5.32 Å². The Morgan fingerprint density at radius 2 is 2.20 bits per heavy atom. The number of aryl methyl sites for hydroxylation is 1. The van der Waals surface area contributed by atoms with E-state index in [1.165, 1.54) is 0 Å². The van der Waals surface area contributed by atoms with E-state index in [9.17, 15) is 9.90 Å². The van der Waals surface area contributed by atoms with Gasteiger partial charge in [-0.15, -0.1) is 0 Å². The van der Waals surface area contributed by atoms with Crippen LogP contribution in [0, 0.1) is 12.8 Å². The number of imidazole rings is 1. The summed E-state index contributed by atoms with van der Waals surface area (Å²) in [7, 11) is 0. The summed E-state index contributed by atoms with van der Waals surface area (Å²) < 4.78 is 1.80. The van der Waals surface area contributed by atoms with Crippen molar-refractivity contribution in [3.63, 3.8) is 0 Å². The van der Waals surface area contributed by atoms with Crippen molar-refractivity contribution in [3.8, 4) is 0 Å². The van der Waals surface area contributed by atoms with E-state index in [2.05, 4.69) is 10.3 Å². The molecule has 0 aliphatic carbocycles. The highest BCUT2D eigenvalue weighted by molar-refractivity contribution is 5.93. The molecule has 0 aliphatic heterocycles. The molecule has 2 N–H and O–H groups in total. The Hall–Kier alpha value is -1.88. The molecule has 0 aromatic carbocycles. The zero-order chi connectivity index (χ0) is 14.7. The number of hydrogen-bond acceptors (Lipinski definition) is 3. The molecule has 2 heterocycles. The minimum Gasteiger partial charge on any atom is -0.393 e. The van der Waals surface area contributed by atoms with Gasteiger partial charge in [0.2, 0.25) is 0 Å². The topological polar surface area (TPSA) is 66.6 Å². The number of fused-ring (bicyclic) bond motifs is 1. The standard InChI is InChI=1S/C15H21N3O2/c1-10-4-5-14-16-8-13(18(14)9-10)15(20)17-7-11(2)6-12(3)19/h4-5,8-9,11-12,19H,6-7H2,1-3H3,(H,17,20). The van der Waals surface area contributed by atoms with Crippen LogP contribution in [-0.2, 0) is 0 Å². The lowest BCUT2D eigenvalue weighted by atomic mass is 10.0. The Morgan fingerprint density at radius 1 is 1.45 bits per heavy atom. The third-order valence-electron chi connectivity index (χ3n) is 3.24. The summed E-state index contributed by atoms with van der Waals surface area (Å²) in [6.07, 6.45) is 3.81. The highest BCUT2D eigenvalue weighted by Crippen LogP contribution is 2.09. The molecule has 5 nitrogen and oxygen atoms in total. The number of nitrogens with one attached hydrogen (secondary N) is 1. The monoisotopic (exact) mass is 275 g/mol. The lowest BCUT2D eigenvalue weighted by Gasteiger charge is -2.14. The number of rotatable bonds is 5. The molecule has 108 valence electrons. The van der Waals surface area contributed by atoms with Gasteiger partial charge in [0.25, 0.3) is 5.91 Å². The highest BCUT2D eigenvalue weighted by atomic mass is 16.3. The number of hydrogen-bond donors (Lipinski definition) is 2. The zero-order valence-electron chi connectivity index (χ0n) is 12.1. The molecule has 1 amide bonds. The number of carbonyl (C=O) groups excluding carboxylic acids is 1. The van der Waals surface area contributed by atoms with Crippen molar-refractivity contribution < 1.29 is 9.90 Å². The molecule has 2 rings (SSSR count). The van der Waals surface area contributed by atoms with Crippen LogP contribution in [0.5, 0.6) is 0 Å². The summed E-state index contributed by atoms with van der Waals surface area (Å²) in [6.45, 7) is 6.28. The highest BCUT2D eigenvalue weighted by Gasteiger charge is 2.13. The fraction of sp³-hybridized carbons (Fsp3) is 0.467. The van der Waals surface area contributed by atoms with Crippen molar-refractivity contribution >= 4 is 11.6 Å². The molecule has 20 heavy (non-hydrogen) atoms. The van der Waals surface area contributed by atoms with E-state index in [1.54, 1.807) is 17.5 Å². The van der Waals surface area contributed by atoms with Crippen LogP contribution in [0.3, 0.4) is 0 Å². The van der Waals surface area contributed by atoms with Gasteiger partial charge >= 0.3 is 0 Å². The average Bonchev–Trinajstić information content (AvgIpc) is 2.78. The van der Waals surface area contributed by atoms with E-state index >= 15 is 0 Å². The molecular weight excluding hydrogens is 254 g/mol. The van der Waals surface area contributed by atoms with Gasteiger partial charge in [-0.05, 0) is 37.8 Å². The number of carbonyl (C=O) groups is 1. The molecule has 0 spiro atoms. The number of pyridine rings is 1. The average molecular weight is 275 g/mol. The summed E-state index contributed by atoms with van der Waals surface area (Å²) >= 11 is 0.